The molecule has 39 heavy (non-hydrogen) atoms. The third-order valence-electron chi connectivity index (χ3n) is 6.56. The highest BCUT2D eigenvalue weighted by molar-refractivity contribution is 6.24. The Morgan fingerprint density at radius 1 is 0.692 bits per heavy atom. The number of ether oxygens (including phenoxy) is 4. The van der Waals surface area contributed by atoms with E-state index in [1.54, 1.807) is 42.5 Å². The highest BCUT2D eigenvalue weighted by Gasteiger charge is 2.33. The lowest BCUT2D eigenvalue weighted by Gasteiger charge is -2.25. The highest BCUT2D eigenvalue weighted by Crippen LogP contribution is 2.39. The number of aromatic hydroxyl groups is 1. The number of ketones is 2. The lowest BCUT2D eigenvalue weighted by Crippen LogP contribution is -2.19. The molecule has 0 saturated heterocycles. The predicted octanol–water partition coefficient (Wildman–Crippen LogP) is 6.50. The van der Waals surface area contributed by atoms with E-state index in [-0.39, 0.29) is 50.8 Å². The van der Waals surface area contributed by atoms with Crippen molar-refractivity contribution in [1.29, 1.82) is 0 Å². The summed E-state index contributed by atoms with van der Waals surface area (Å²) in [6, 6.07) is 13.2. The maximum absolute atomic E-state index is 14.4. The van der Waals surface area contributed by atoms with Crippen molar-refractivity contribution in [3.8, 4) is 28.7 Å². The number of phenols is 1. The zero-order valence-electron chi connectivity index (χ0n) is 24.0. The van der Waals surface area contributed by atoms with Crippen molar-refractivity contribution >= 4 is 11.6 Å². The maximum Gasteiger partial charge on any atom is 0.204 e. The Morgan fingerprint density at radius 3 is 1.49 bits per heavy atom. The average molecular weight is 535 g/mol. The molecule has 3 aromatic rings. The molecule has 3 rings (SSSR count). The molecule has 0 amide bonds. The highest BCUT2D eigenvalue weighted by atomic mass is 16.5. The summed E-state index contributed by atoms with van der Waals surface area (Å²) in [7, 11) is 5.82. The normalized spacial score (nSPS) is 12.0. The lowest BCUT2D eigenvalue weighted by molar-refractivity contribution is 0.0993. The van der Waals surface area contributed by atoms with Gasteiger partial charge in [-0.25, -0.2) is 0 Å². The fourth-order valence-electron chi connectivity index (χ4n) is 5.19. The van der Waals surface area contributed by atoms with Crippen LogP contribution in [-0.4, -0.2) is 45.1 Å². The van der Waals surface area contributed by atoms with Gasteiger partial charge in [-0.1, -0.05) is 45.9 Å². The minimum atomic E-state index is -0.593. The number of hydrogen-bond acceptors (Lipinski definition) is 7. The second-order valence-corrected chi connectivity index (χ2v) is 10.8. The molecule has 0 aromatic heterocycles. The first-order chi connectivity index (χ1) is 18.5. The molecule has 0 fully saturated rings. The second kappa shape index (κ2) is 12.2. The number of phenolic OH excluding ortho intramolecular Hbond substituents is 1. The summed E-state index contributed by atoms with van der Waals surface area (Å²) in [6.07, 6.45) is 1.41. The van der Waals surface area contributed by atoms with Gasteiger partial charge in [0.15, 0.2) is 0 Å². The Kier molecular flexibility index (Phi) is 9.28. The Balaban J connectivity index is 2.36. The van der Waals surface area contributed by atoms with Crippen molar-refractivity contribution in [3.63, 3.8) is 0 Å². The quantitative estimate of drug-likeness (QED) is 0.281. The van der Waals surface area contributed by atoms with Gasteiger partial charge in [0, 0.05) is 5.56 Å². The zero-order chi connectivity index (χ0) is 28.9. The first kappa shape index (κ1) is 29.6. The summed E-state index contributed by atoms with van der Waals surface area (Å²) in [5.41, 5.74) is 0.945. The van der Waals surface area contributed by atoms with Crippen LogP contribution < -0.4 is 18.9 Å². The maximum atomic E-state index is 14.4. The van der Waals surface area contributed by atoms with Crippen LogP contribution >= 0.6 is 0 Å². The topological polar surface area (TPSA) is 91.3 Å². The van der Waals surface area contributed by atoms with Gasteiger partial charge in [0.1, 0.15) is 39.9 Å². The van der Waals surface area contributed by atoms with E-state index in [1.807, 2.05) is 0 Å². The van der Waals surface area contributed by atoms with Gasteiger partial charge >= 0.3 is 0 Å². The number of carbonyl (C=O) groups excluding carboxylic acids is 2. The fourth-order valence-corrected chi connectivity index (χ4v) is 5.19. The Labute approximate surface area is 230 Å². The van der Waals surface area contributed by atoms with E-state index in [0.29, 0.717) is 23.5 Å². The van der Waals surface area contributed by atoms with Crippen molar-refractivity contribution in [2.75, 3.05) is 28.4 Å². The third kappa shape index (κ3) is 6.36. The monoisotopic (exact) mass is 534 g/mol. The molecule has 0 aliphatic heterocycles. The molecule has 0 saturated carbocycles. The van der Waals surface area contributed by atoms with Crippen LogP contribution in [0.1, 0.15) is 71.5 Å². The fraction of sp³-hybridized carbons (Fsp3) is 0.375. The van der Waals surface area contributed by atoms with Gasteiger partial charge in [-0.3, -0.25) is 9.59 Å². The predicted molar refractivity (Wildman–Crippen MR) is 151 cm³/mol. The van der Waals surface area contributed by atoms with Crippen LogP contribution in [0.15, 0.2) is 48.5 Å². The van der Waals surface area contributed by atoms with Gasteiger partial charge < -0.3 is 24.1 Å². The lowest BCUT2D eigenvalue weighted by atomic mass is 9.80. The van der Waals surface area contributed by atoms with Crippen molar-refractivity contribution < 1.29 is 33.6 Å². The summed E-state index contributed by atoms with van der Waals surface area (Å²) in [6.45, 7) is 8.60. The first-order valence-electron chi connectivity index (χ1n) is 12.8. The molecule has 0 heterocycles. The third-order valence-corrected chi connectivity index (χ3v) is 6.56. The van der Waals surface area contributed by atoms with Crippen molar-refractivity contribution in [2.45, 2.75) is 40.5 Å². The molecule has 0 bridgehead atoms. The van der Waals surface area contributed by atoms with Crippen molar-refractivity contribution in [1.82, 2.24) is 0 Å². The number of carbonyl (C=O) groups is 2. The summed E-state index contributed by atoms with van der Waals surface area (Å²) in [5.74, 6) is -0.104. The van der Waals surface area contributed by atoms with Crippen LogP contribution in [0.4, 0.5) is 0 Å². The molecule has 7 heteroatoms. The molecule has 0 aliphatic carbocycles. The SMILES string of the molecule is COc1cccc(OC)c1C(=O)c1c(O)ccc(CC(C)CC(C)(C)C)c1C(=O)c1c(OC)cccc1OC. The molecule has 0 spiro atoms. The van der Waals surface area contributed by atoms with E-state index in [0.717, 1.165) is 6.42 Å². The van der Waals surface area contributed by atoms with Crippen LogP contribution in [0.2, 0.25) is 0 Å². The molecule has 0 radical (unpaired) electrons. The summed E-state index contributed by atoms with van der Waals surface area (Å²) >= 11 is 0. The van der Waals surface area contributed by atoms with Crippen molar-refractivity contribution in [2.24, 2.45) is 11.3 Å². The van der Waals surface area contributed by atoms with Crippen LogP contribution in [0.3, 0.4) is 0 Å². The van der Waals surface area contributed by atoms with Gasteiger partial charge in [0.2, 0.25) is 11.6 Å². The molecular formula is C32H38O7. The molecule has 1 N–H and O–H groups in total. The van der Waals surface area contributed by atoms with Crippen LogP contribution in [0, 0.1) is 11.3 Å². The van der Waals surface area contributed by atoms with E-state index in [2.05, 4.69) is 27.7 Å². The standard InChI is InChI=1S/C32H38O7/c1-19(18-32(2,3)4)17-20-15-16-21(33)27(31(35)29-24(38-7)13-10-14-25(29)39-8)26(20)30(34)28-22(36-5)11-9-12-23(28)37-6/h9-16,19,33H,17-18H2,1-8H3. The van der Waals surface area contributed by atoms with Gasteiger partial charge in [-0.05, 0) is 60.1 Å². The summed E-state index contributed by atoms with van der Waals surface area (Å²) in [4.78, 5) is 28.6. The minimum absolute atomic E-state index is 0.0653. The summed E-state index contributed by atoms with van der Waals surface area (Å²) in [5, 5.41) is 11.1. The molecule has 3 aromatic carbocycles. The molecule has 1 atom stereocenters. The van der Waals surface area contributed by atoms with E-state index in [9.17, 15) is 14.7 Å². The molecule has 0 aliphatic rings. The molecule has 7 nitrogen and oxygen atoms in total. The van der Waals surface area contributed by atoms with Gasteiger partial charge in [0.05, 0.1) is 34.0 Å². The van der Waals surface area contributed by atoms with E-state index in [1.165, 1.54) is 34.5 Å². The van der Waals surface area contributed by atoms with Gasteiger partial charge in [0.25, 0.3) is 0 Å². The van der Waals surface area contributed by atoms with E-state index >= 15 is 0 Å². The number of hydrogen-bond donors (Lipinski definition) is 1. The van der Waals surface area contributed by atoms with E-state index in [4.69, 9.17) is 18.9 Å². The average Bonchev–Trinajstić information content (AvgIpc) is 2.90. The van der Waals surface area contributed by atoms with Crippen LogP contribution in [0.5, 0.6) is 28.7 Å². The zero-order valence-corrected chi connectivity index (χ0v) is 24.0. The number of benzene rings is 3. The Bertz CT molecular complexity index is 1310. The van der Waals surface area contributed by atoms with Gasteiger partial charge in [-0.15, -0.1) is 0 Å². The van der Waals surface area contributed by atoms with Crippen LogP contribution in [0.25, 0.3) is 0 Å². The second-order valence-electron chi connectivity index (χ2n) is 10.8. The Morgan fingerprint density at radius 2 is 1.10 bits per heavy atom. The van der Waals surface area contributed by atoms with Crippen LogP contribution in [-0.2, 0) is 6.42 Å². The number of methoxy groups -OCH3 is 4. The van der Waals surface area contributed by atoms with Gasteiger partial charge in [-0.2, -0.15) is 0 Å². The first-order valence-corrected chi connectivity index (χ1v) is 12.8. The number of rotatable bonds is 11. The van der Waals surface area contributed by atoms with E-state index < -0.39 is 11.6 Å². The largest absolute Gasteiger partial charge is 0.507 e. The molecule has 208 valence electrons. The smallest absolute Gasteiger partial charge is 0.204 e. The Hall–Kier alpha value is -4.00. The summed E-state index contributed by atoms with van der Waals surface area (Å²) < 4.78 is 22.0. The minimum Gasteiger partial charge on any atom is -0.507 e. The van der Waals surface area contributed by atoms with Crippen molar-refractivity contribution in [3.05, 3.63) is 76.3 Å². The molecule has 1 unspecified atom stereocenters. The molecular weight excluding hydrogens is 496 g/mol.